The summed E-state index contributed by atoms with van der Waals surface area (Å²) >= 11 is 2.17. The van der Waals surface area contributed by atoms with E-state index in [9.17, 15) is 0 Å². The summed E-state index contributed by atoms with van der Waals surface area (Å²) in [7, 11) is 0. The maximum atomic E-state index is 5.39. The molecule has 0 fully saturated rings. The molecular weight excluding hydrogens is 277 g/mol. The minimum absolute atomic E-state index is 0.798. The predicted molar refractivity (Wildman–Crippen MR) is 62.6 cm³/mol. The van der Waals surface area contributed by atoms with Crippen LogP contribution in [0.1, 0.15) is 19.6 Å². The predicted octanol–water partition coefficient (Wildman–Crippen LogP) is 2.94. The van der Waals surface area contributed by atoms with Crippen molar-refractivity contribution in [2.24, 2.45) is 0 Å². The molecule has 0 aliphatic rings. The van der Waals surface area contributed by atoms with E-state index >= 15 is 0 Å². The highest BCUT2D eigenvalue weighted by Gasteiger charge is 1.96. The number of hydrogen-bond acceptors (Lipinski definition) is 2. The van der Waals surface area contributed by atoms with Crippen LogP contribution in [0, 0.1) is 3.77 Å². The van der Waals surface area contributed by atoms with E-state index < -0.39 is 0 Å². The Morgan fingerprint density at radius 3 is 2.85 bits per heavy atom. The summed E-state index contributed by atoms with van der Waals surface area (Å²) in [5.41, 5.74) is 1.33. The first kappa shape index (κ1) is 10.8. The van der Waals surface area contributed by atoms with Crippen molar-refractivity contribution < 1.29 is 4.42 Å². The molecule has 0 aliphatic carbocycles. The smallest absolute Gasteiger partial charge is 0.164 e. The molecule has 0 saturated heterocycles. The minimum atomic E-state index is 0.798. The molecule has 72 valence electrons. The lowest BCUT2D eigenvalue weighted by Crippen LogP contribution is -2.12. The fourth-order valence-corrected chi connectivity index (χ4v) is 1.38. The molecule has 0 amide bonds. The molecule has 0 unspecified atom stereocenters. The Morgan fingerprint density at radius 1 is 1.54 bits per heavy atom. The van der Waals surface area contributed by atoms with Crippen molar-refractivity contribution in [2.45, 2.75) is 20.4 Å². The van der Waals surface area contributed by atoms with Crippen molar-refractivity contribution in [2.75, 3.05) is 6.54 Å². The van der Waals surface area contributed by atoms with E-state index in [1.54, 1.807) is 0 Å². The number of nitrogens with one attached hydrogen (secondary N) is 1. The van der Waals surface area contributed by atoms with Gasteiger partial charge >= 0.3 is 0 Å². The molecule has 0 saturated carbocycles. The largest absolute Gasteiger partial charge is 0.454 e. The van der Waals surface area contributed by atoms with E-state index in [-0.39, 0.29) is 0 Å². The van der Waals surface area contributed by atoms with Crippen LogP contribution in [0.15, 0.2) is 28.2 Å². The van der Waals surface area contributed by atoms with Crippen molar-refractivity contribution in [1.82, 2.24) is 5.32 Å². The van der Waals surface area contributed by atoms with Crippen LogP contribution in [0.3, 0.4) is 0 Å². The van der Waals surface area contributed by atoms with Gasteiger partial charge in [-0.25, -0.2) is 0 Å². The lowest BCUT2D eigenvalue weighted by Gasteiger charge is -1.97. The van der Waals surface area contributed by atoms with Crippen LogP contribution in [0.2, 0.25) is 0 Å². The van der Waals surface area contributed by atoms with Crippen molar-refractivity contribution in [3.8, 4) is 0 Å². The molecule has 0 aromatic carbocycles. The molecule has 3 heteroatoms. The van der Waals surface area contributed by atoms with E-state index in [4.69, 9.17) is 4.42 Å². The fraction of sp³-hybridized carbons (Fsp3) is 0.400. The Bertz CT molecular complexity index is 287. The Morgan fingerprint density at radius 2 is 2.31 bits per heavy atom. The maximum absolute atomic E-state index is 5.39. The quantitative estimate of drug-likeness (QED) is 0.524. The molecule has 0 bridgehead atoms. The standard InChI is InChI=1S/C10H14INO/c1-8(2)5-6-12-7-9-3-4-10(11)13-9/h3-5,12H,6-7H2,1-2H3. The molecule has 1 aromatic rings. The van der Waals surface area contributed by atoms with Gasteiger partial charge in [-0.3, -0.25) is 0 Å². The van der Waals surface area contributed by atoms with Gasteiger partial charge in [0.1, 0.15) is 5.76 Å². The highest BCUT2D eigenvalue weighted by molar-refractivity contribution is 14.1. The average molecular weight is 291 g/mol. The molecule has 0 spiro atoms. The third kappa shape index (κ3) is 4.47. The maximum Gasteiger partial charge on any atom is 0.164 e. The first-order valence-electron chi connectivity index (χ1n) is 4.27. The number of allylic oxidation sites excluding steroid dienone is 1. The summed E-state index contributed by atoms with van der Waals surface area (Å²) in [5.74, 6) is 0.992. The molecule has 1 rings (SSSR count). The molecule has 0 radical (unpaired) electrons. The Hall–Kier alpha value is -0.290. The van der Waals surface area contributed by atoms with Gasteiger partial charge in [-0.15, -0.1) is 0 Å². The van der Waals surface area contributed by atoms with Crippen LogP contribution in [0.4, 0.5) is 0 Å². The van der Waals surface area contributed by atoms with Gasteiger partial charge in [-0.1, -0.05) is 11.6 Å². The topological polar surface area (TPSA) is 25.2 Å². The highest BCUT2D eigenvalue weighted by atomic mass is 127. The first-order valence-corrected chi connectivity index (χ1v) is 5.34. The second kappa shape index (κ2) is 5.44. The van der Waals surface area contributed by atoms with Crippen LogP contribution in [0.25, 0.3) is 0 Å². The Labute approximate surface area is 92.5 Å². The third-order valence-corrected chi connectivity index (χ3v) is 2.16. The normalized spacial score (nSPS) is 10.1. The van der Waals surface area contributed by atoms with E-state index in [0.29, 0.717) is 0 Å². The average Bonchev–Trinajstić information content (AvgIpc) is 2.45. The highest BCUT2D eigenvalue weighted by Crippen LogP contribution is 2.09. The number of halogens is 1. The van der Waals surface area contributed by atoms with E-state index in [1.807, 2.05) is 12.1 Å². The molecular formula is C10H14INO. The zero-order valence-corrected chi connectivity index (χ0v) is 10.1. The molecule has 1 aromatic heterocycles. The summed E-state index contributed by atoms with van der Waals surface area (Å²) < 4.78 is 6.34. The van der Waals surface area contributed by atoms with Crippen LogP contribution in [-0.4, -0.2) is 6.54 Å². The summed E-state index contributed by atoms with van der Waals surface area (Å²) in [6.45, 7) is 5.89. The second-order valence-electron chi connectivity index (χ2n) is 3.12. The van der Waals surface area contributed by atoms with Gasteiger partial charge in [-0.05, 0) is 48.6 Å². The minimum Gasteiger partial charge on any atom is -0.454 e. The lowest BCUT2D eigenvalue weighted by atomic mass is 10.3. The second-order valence-corrected chi connectivity index (χ2v) is 4.18. The van der Waals surface area contributed by atoms with E-state index in [0.717, 1.165) is 22.6 Å². The van der Waals surface area contributed by atoms with Crippen molar-refractivity contribution in [3.63, 3.8) is 0 Å². The van der Waals surface area contributed by atoms with Gasteiger partial charge in [0.25, 0.3) is 0 Å². The van der Waals surface area contributed by atoms with Crippen LogP contribution in [-0.2, 0) is 6.54 Å². The van der Waals surface area contributed by atoms with E-state index in [2.05, 4.69) is 47.8 Å². The number of hydrogen-bond donors (Lipinski definition) is 1. The summed E-state index contributed by atoms with van der Waals surface area (Å²) in [4.78, 5) is 0. The van der Waals surface area contributed by atoms with Gasteiger partial charge in [0.15, 0.2) is 3.77 Å². The van der Waals surface area contributed by atoms with Gasteiger partial charge < -0.3 is 9.73 Å². The van der Waals surface area contributed by atoms with Crippen molar-refractivity contribution in [1.29, 1.82) is 0 Å². The summed E-state index contributed by atoms with van der Waals surface area (Å²) in [6, 6.07) is 3.97. The molecule has 1 heterocycles. The fourth-order valence-electron chi connectivity index (χ4n) is 0.918. The van der Waals surface area contributed by atoms with Gasteiger partial charge in [-0.2, -0.15) is 0 Å². The zero-order chi connectivity index (χ0) is 9.68. The van der Waals surface area contributed by atoms with Crippen LogP contribution < -0.4 is 5.32 Å². The number of rotatable bonds is 4. The molecule has 0 aliphatic heterocycles. The number of furan rings is 1. The summed E-state index contributed by atoms with van der Waals surface area (Å²) in [6.07, 6.45) is 2.16. The van der Waals surface area contributed by atoms with Gasteiger partial charge in [0.05, 0.1) is 6.54 Å². The molecule has 13 heavy (non-hydrogen) atoms. The third-order valence-electron chi connectivity index (χ3n) is 1.58. The van der Waals surface area contributed by atoms with E-state index in [1.165, 1.54) is 5.57 Å². The molecule has 1 N–H and O–H groups in total. The lowest BCUT2D eigenvalue weighted by molar-refractivity contribution is 0.469. The van der Waals surface area contributed by atoms with Gasteiger partial charge in [0.2, 0.25) is 0 Å². The SMILES string of the molecule is CC(C)=CCNCc1ccc(I)o1. The van der Waals surface area contributed by atoms with Crippen LogP contribution >= 0.6 is 22.6 Å². The molecule has 0 atom stereocenters. The Kier molecular flexibility index (Phi) is 4.52. The Balaban J connectivity index is 2.24. The van der Waals surface area contributed by atoms with Gasteiger partial charge in [0, 0.05) is 6.54 Å². The zero-order valence-electron chi connectivity index (χ0n) is 7.93. The van der Waals surface area contributed by atoms with Crippen molar-refractivity contribution in [3.05, 3.63) is 33.3 Å². The first-order chi connectivity index (χ1) is 6.18. The summed E-state index contributed by atoms with van der Waals surface area (Å²) in [5, 5.41) is 3.27. The van der Waals surface area contributed by atoms with Crippen LogP contribution in [0.5, 0.6) is 0 Å². The molecule has 2 nitrogen and oxygen atoms in total. The van der Waals surface area contributed by atoms with Crippen molar-refractivity contribution >= 4 is 22.6 Å². The monoisotopic (exact) mass is 291 g/mol.